The van der Waals surface area contributed by atoms with Gasteiger partial charge in [-0.05, 0) is 80.1 Å². The van der Waals surface area contributed by atoms with Crippen LogP contribution in [0.5, 0.6) is 0 Å². The van der Waals surface area contributed by atoms with Gasteiger partial charge in [-0.3, -0.25) is 9.59 Å². The predicted octanol–water partition coefficient (Wildman–Crippen LogP) is 4.77. The van der Waals surface area contributed by atoms with E-state index < -0.39 is 17.5 Å². The first kappa shape index (κ1) is 19.1. The lowest BCUT2D eigenvalue weighted by atomic mass is 9.93. The van der Waals surface area contributed by atoms with E-state index >= 15 is 0 Å². The average molecular weight is 362 g/mol. The van der Waals surface area contributed by atoms with Gasteiger partial charge in [0.1, 0.15) is 5.82 Å². The molecule has 1 amide bonds. The number of carbonyl (C=O) groups is 2. The Morgan fingerprint density at radius 2 is 1.48 bits per heavy atom. The van der Waals surface area contributed by atoms with Gasteiger partial charge in [0, 0.05) is 12.1 Å². The topological polar surface area (TPSA) is 46.2 Å². The highest BCUT2D eigenvalue weighted by Crippen LogP contribution is 2.30. The molecule has 0 fully saturated rings. The summed E-state index contributed by atoms with van der Waals surface area (Å²) < 4.78 is 13.5. The molecule has 0 bridgehead atoms. The summed E-state index contributed by atoms with van der Waals surface area (Å²) in [5.74, 6) is -1.94. The number of amides is 1. The Hall–Kier alpha value is -2.20. The van der Waals surface area contributed by atoms with Gasteiger partial charge in [0.2, 0.25) is 5.78 Å². The lowest BCUT2D eigenvalue weighted by Gasteiger charge is -2.19. The molecule has 0 spiro atoms. The summed E-state index contributed by atoms with van der Waals surface area (Å²) in [5.41, 5.74) is 6.32. The maximum atomic E-state index is 13.5. The van der Waals surface area contributed by atoms with Crippen LogP contribution in [-0.2, 0) is 16.0 Å². The number of nitrogens with one attached hydrogen (secondary N) is 1. The molecule has 0 atom stereocenters. The third-order valence-electron chi connectivity index (χ3n) is 4.84. The molecular weight excluding hydrogens is 341 g/mol. The van der Waals surface area contributed by atoms with Crippen molar-refractivity contribution in [2.75, 3.05) is 5.32 Å². The highest BCUT2D eigenvalue weighted by atomic mass is 35.5. The Morgan fingerprint density at radius 1 is 0.960 bits per heavy atom. The number of carbonyl (C=O) groups excluding carboxylic acids is 2. The summed E-state index contributed by atoms with van der Waals surface area (Å²) in [6.07, 6.45) is -0.179. The predicted molar refractivity (Wildman–Crippen MR) is 98.9 cm³/mol. The van der Waals surface area contributed by atoms with E-state index in [0.29, 0.717) is 11.3 Å². The van der Waals surface area contributed by atoms with Crippen molar-refractivity contribution in [2.45, 2.75) is 41.0 Å². The molecule has 0 saturated heterocycles. The summed E-state index contributed by atoms with van der Waals surface area (Å²) in [7, 11) is 0. The minimum Gasteiger partial charge on any atom is -0.319 e. The second kappa shape index (κ2) is 7.36. The van der Waals surface area contributed by atoms with Crippen LogP contribution in [0.1, 0.15) is 33.4 Å². The molecule has 2 aromatic rings. The van der Waals surface area contributed by atoms with Gasteiger partial charge < -0.3 is 5.32 Å². The zero-order valence-electron chi connectivity index (χ0n) is 15.0. The maximum absolute atomic E-state index is 13.5. The van der Waals surface area contributed by atoms with Crippen LogP contribution >= 0.6 is 11.6 Å². The summed E-state index contributed by atoms with van der Waals surface area (Å²) in [6, 6.07) is 4.08. The third-order valence-corrected chi connectivity index (χ3v) is 5.15. The first-order valence-corrected chi connectivity index (χ1v) is 8.36. The van der Waals surface area contributed by atoms with E-state index in [0.717, 1.165) is 22.3 Å². The molecule has 132 valence electrons. The van der Waals surface area contributed by atoms with Crippen molar-refractivity contribution < 1.29 is 14.0 Å². The Kier molecular flexibility index (Phi) is 5.63. The van der Waals surface area contributed by atoms with Gasteiger partial charge in [-0.15, -0.1) is 0 Å². The molecule has 5 heteroatoms. The average Bonchev–Trinajstić information content (AvgIpc) is 2.58. The standard InChI is InChI=1S/C20H21ClFNO2/c1-10-11(2)13(4)19(14(5)12(10)3)23-20(25)18(24)9-15-6-7-16(21)17(22)8-15/h6-8H,9H2,1-5H3,(H,23,25). The summed E-state index contributed by atoms with van der Waals surface area (Å²) in [4.78, 5) is 24.5. The number of anilines is 1. The minimum absolute atomic E-state index is 0.0162. The van der Waals surface area contributed by atoms with Gasteiger partial charge in [0.25, 0.3) is 5.91 Å². The molecule has 3 nitrogen and oxygen atoms in total. The molecule has 0 aromatic heterocycles. The number of hydrogen-bond donors (Lipinski definition) is 1. The van der Waals surface area contributed by atoms with Crippen LogP contribution in [-0.4, -0.2) is 11.7 Å². The third kappa shape index (κ3) is 3.90. The second-order valence-corrected chi connectivity index (χ2v) is 6.71. The molecule has 0 aliphatic rings. The fraction of sp³-hybridized carbons (Fsp3) is 0.300. The second-order valence-electron chi connectivity index (χ2n) is 6.30. The molecule has 0 radical (unpaired) electrons. The zero-order valence-corrected chi connectivity index (χ0v) is 15.8. The van der Waals surface area contributed by atoms with Crippen LogP contribution < -0.4 is 5.32 Å². The number of Topliss-reactive ketones (excluding diaryl/α,β-unsaturated/α-hetero) is 1. The Balaban J connectivity index is 2.22. The van der Waals surface area contributed by atoms with Crippen LogP contribution in [0.4, 0.5) is 10.1 Å². The Labute approximate surface area is 152 Å². The largest absolute Gasteiger partial charge is 0.319 e. The molecule has 25 heavy (non-hydrogen) atoms. The van der Waals surface area contributed by atoms with Crippen molar-refractivity contribution >= 4 is 29.0 Å². The molecule has 2 aromatic carbocycles. The molecular formula is C20H21ClFNO2. The van der Waals surface area contributed by atoms with Crippen LogP contribution in [0.3, 0.4) is 0 Å². The molecule has 1 N–H and O–H groups in total. The van der Waals surface area contributed by atoms with E-state index in [1.54, 1.807) is 0 Å². The monoisotopic (exact) mass is 361 g/mol. The molecule has 0 heterocycles. The van der Waals surface area contributed by atoms with Gasteiger partial charge in [0.15, 0.2) is 0 Å². The van der Waals surface area contributed by atoms with Crippen molar-refractivity contribution in [1.29, 1.82) is 0 Å². The Morgan fingerprint density at radius 3 is 2.00 bits per heavy atom. The van der Waals surface area contributed by atoms with Gasteiger partial charge >= 0.3 is 0 Å². The smallest absolute Gasteiger partial charge is 0.292 e. The number of halogens is 2. The molecule has 2 rings (SSSR count). The van der Waals surface area contributed by atoms with Crippen LogP contribution in [0.15, 0.2) is 18.2 Å². The molecule has 0 aliphatic heterocycles. The van der Waals surface area contributed by atoms with Gasteiger partial charge in [-0.25, -0.2) is 4.39 Å². The van der Waals surface area contributed by atoms with E-state index in [1.165, 1.54) is 23.8 Å². The lowest BCUT2D eigenvalue weighted by molar-refractivity contribution is -0.134. The number of ketones is 1. The Bertz CT molecular complexity index is 845. The van der Waals surface area contributed by atoms with Crippen LogP contribution in [0.25, 0.3) is 0 Å². The van der Waals surface area contributed by atoms with Crippen molar-refractivity contribution in [3.8, 4) is 0 Å². The van der Waals surface area contributed by atoms with E-state index in [9.17, 15) is 14.0 Å². The summed E-state index contributed by atoms with van der Waals surface area (Å²) in [6.45, 7) is 9.86. The highest BCUT2D eigenvalue weighted by Gasteiger charge is 2.19. The lowest BCUT2D eigenvalue weighted by Crippen LogP contribution is -2.25. The van der Waals surface area contributed by atoms with Gasteiger partial charge in [0.05, 0.1) is 5.02 Å². The molecule has 0 saturated carbocycles. The number of hydrogen-bond acceptors (Lipinski definition) is 2. The zero-order chi connectivity index (χ0) is 18.9. The SMILES string of the molecule is Cc1c(C)c(C)c(NC(=O)C(=O)Cc2ccc(Cl)c(F)c2)c(C)c1C. The fourth-order valence-corrected chi connectivity index (χ4v) is 2.90. The van der Waals surface area contributed by atoms with Crippen LogP contribution in [0, 0.1) is 40.4 Å². The number of rotatable bonds is 4. The normalized spacial score (nSPS) is 10.7. The van der Waals surface area contributed by atoms with Crippen molar-refractivity contribution in [1.82, 2.24) is 0 Å². The first-order chi connectivity index (χ1) is 11.6. The van der Waals surface area contributed by atoms with E-state index in [2.05, 4.69) is 5.32 Å². The summed E-state index contributed by atoms with van der Waals surface area (Å²) >= 11 is 5.63. The maximum Gasteiger partial charge on any atom is 0.292 e. The van der Waals surface area contributed by atoms with E-state index in [1.807, 2.05) is 34.6 Å². The van der Waals surface area contributed by atoms with Crippen molar-refractivity contribution in [3.63, 3.8) is 0 Å². The fourth-order valence-electron chi connectivity index (χ4n) is 2.79. The first-order valence-electron chi connectivity index (χ1n) is 7.98. The van der Waals surface area contributed by atoms with Gasteiger partial charge in [-0.2, -0.15) is 0 Å². The highest BCUT2D eigenvalue weighted by molar-refractivity contribution is 6.41. The quantitative estimate of drug-likeness (QED) is 0.797. The van der Waals surface area contributed by atoms with E-state index in [4.69, 9.17) is 11.6 Å². The molecule has 0 unspecified atom stereocenters. The number of benzene rings is 2. The minimum atomic E-state index is -0.704. The van der Waals surface area contributed by atoms with Crippen molar-refractivity contribution in [2.24, 2.45) is 0 Å². The van der Waals surface area contributed by atoms with Crippen LogP contribution in [0.2, 0.25) is 5.02 Å². The van der Waals surface area contributed by atoms with Gasteiger partial charge in [-0.1, -0.05) is 17.7 Å². The van der Waals surface area contributed by atoms with E-state index in [-0.39, 0.29) is 11.4 Å². The van der Waals surface area contributed by atoms with Crippen molar-refractivity contribution in [3.05, 3.63) is 62.4 Å². The summed E-state index contributed by atoms with van der Waals surface area (Å²) in [5, 5.41) is 2.71. The molecule has 0 aliphatic carbocycles.